The summed E-state index contributed by atoms with van der Waals surface area (Å²) in [5, 5.41) is 5.78. The molecule has 0 bridgehead atoms. The molecule has 0 fully saturated rings. The van der Waals surface area contributed by atoms with Crippen LogP contribution in [0, 0.1) is 19.8 Å². The van der Waals surface area contributed by atoms with Crippen LogP contribution in [0.15, 0.2) is 60.0 Å². The number of hydrogen-bond acceptors (Lipinski definition) is 5. The Morgan fingerprint density at radius 2 is 1.82 bits per heavy atom. The summed E-state index contributed by atoms with van der Waals surface area (Å²) in [6.07, 6.45) is 0. The molecule has 4 aromatic rings. The molecule has 0 aliphatic carbocycles. The van der Waals surface area contributed by atoms with E-state index in [-0.39, 0.29) is 17.8 Å². The van der Waals surface area contributed by atoms with Gasteiger partial charge in [0, 0.05) is 11.1 Å². The summed E-state index contributed by atoms with van der Waals surface area (Å²) >= 11 is 1.59. The zero-order chi connectivity index (χ0) is 23.5. The first-order valence-electron chi connectivity index (χ1n) is 10.9. The Hall–Kier alpha value is -3.51. The number of nitrogens with one attached hydrogen (secondary N) is 1. The third kappa shape index (κ3) is 5.12. The molecule has 6 heteroatoms. The number of carbonyl (C=O) groups is 2. The molecule has 0 aliphatic heterocycles. The van der Waals surface area contributed by atoms with E-state index < -0.39 is 0 Å². The number of anilines is 1. The number of nitrogens with zero attached hydrogens (tertiary/aromatic N) is 1. The van der Waals surface area contributed by atoms with Gasteiger partial charge in [-0.1, -0.05) is 31.5 Å². The molecule has 0 unspecified atom stereocenters. The summed E-state index contributed by atoms with van der Waals surface area (Å²) in [5.74, 6) is -0.317. The van der Waals surface area contributed by atoms with Crippen molar-refractivity contribution >= 4 is 39.8 Å². The van der Waals surface area contributed by atoms with Gasteiger partial charge in [-0.3, -0.25) is 4.79 Å². The topological polar surface area (TPSA) is 68.3 Å². The van der Waals surface area contributed by atoms with E-state index in [4.69, 9.17) is 9.72 Å². The smallest absolute Gasteiger partial charge is 0.338 e. The third-order valence-electron chi connectivity index (χ3n) is 5.19. The highest BCUT2D eigenvalue weighted by atomic mass is 32.1. The average molecular weight is 459 g/mol. The van der Waals surface area contributed by atoms with Crippen LogP contribution in [0.25, 0.3) is 21.5 Å². The molecule has 1 N–H and O–H groups in total. The highest BCUT2D eigenvalue weighted by molar-refractivity contribution is 7.13. The SMILES string of the molecule is Cc1cc(C)c2nc(-c3cccs3)cc(C(=O)Nc3ccc(C(=O)OCC(C)C)cc3)c2c1. The van der Waals surface area contributed by atoms with Crippen molar-refractivity contribution in [3.05, 3.63) is 82.2 Å². The summed E-state index contributed by atoms with van der Waals surface area (Å²) in [5.41, 5.74) is 5.32. The number of fused-ring (bicyclic) bond motifs is 1. The minimum atomic E-state index is -0.367. The zero-order valence-electron chi connectivity index (χ0n) is 19.1. The number of pyridine rings is 1. The maximum atomic E-state index is 13.3. The van der Waals surface area contributed by atoms with E-state index in [2.05, 4.69) is 11.4 Å². The predicted molar refractivity (Wildman–Crippen MR) is 134 cm³/mol. The Morgan fingerprint density at radius 3 is 2.48 bits per heavy atom. The van der Waals surface area contributed by atoms with Gasteiger partial charge in [-0.2, -0.15) is 0 Å². The van der Waals surface area contributed by atoms with Crippen LogP contribution in [-0.4, -0.2) is 23.5 Å². The van der Waals surface area contributed by atoms with E-state index in [0.29, 0.717) is 23.4 Å². The predicted octanol–water partition coefficient (Wildman–Crippen LogP) is 6.65. The molecular weight excluding hydrogens is 432 g/mol. The standard InChI is InChI=1S/C27H26N2O3S/c1-16(2)15-32-27(31)19-7-9-20(10-8-19)28-26(30)22-14-23(24-6-5-11-33-24)29-25-18(4)12-17(3)13-21(22)25/h5-14,16H,15H2,1-4H3,(H,28,30). The van der Waals surface area contributed by atoms with Crippen LogP contribution in [0.2, 0.25) is 0 Å². The van der Waals surface area contributed by atoms with Gasteiger partial charge in [0.15, 0.2) is 0 Å². The van der Waals surface area contributed by atoms with E-state index in [0.717, 1.165) is 32.6 Å². The number of ether oxygens (including phenoxy) is 1. The first-order chi connectivity index (χ1) is 15.8. The number of amides is 1. The number of rotatable bonds is 6. The van der Waals surface area contributed by atoms with Crippen molar-refractivity contribution in [1.29, 1.82) is 0 Å². The first-order valence-corrected chi connectivity index (χ1v) is 11.7. The monoisotopic (exact) mass is 458 g/mol. The van der Waals surface area contributed by atoms with Crippen molar-refractivity contribution in [2.45, 2.75) is 27.7 Å². The highest BCUT2D eigenvalue weighted by Crippen LogP contribution is 2.30. The minimum absolute atomic E-state index is 0.222. The maximum absolute atomic E-state index is 13.3. The van der Waals surface area contributed by atoms with Crippen molar-refractivity contribution in [2.24, 2.45) is 5.92 Å². The molecule has 2 aromatic carbocycles. The lowest BCUT2D eigenvalue weighted by molar-refractivity contribution is 0.0459. The molecule has 5 nitrogen and oxygen atoms in total. The second-order valence-corrected chi connectivity index (χ2v) is 9.48. The van der Waals surface area contributed by atoms with Crippen LogP contribution in [0.5, 0.6) is 0 Å². The molecule has 0 radical (unpaired) electrons. The Balaban J connectivity index is 1.64. The molecule has 0 atom stereocenters. The van der Waals surface area contributed by atoms with Gasteiger partial charge < -0.3 is 10.1 Å². The van der Waals surface area contributed by atoms with Gasteiger partial charge in [-0.05, 0) is 73.2 Å². The number of aromatic nitrogens is 1. The molecule has 4 rings (SSSR count). The second-order valence-electron chi connectivity index (χ2n) is 8.53. The van der Waals surface area contributed by atoms with Crippen molar-refractivity contribution < 1.29 is 14.3 Å². The Bertz CT molecular complexity index is 1310. The molecule has 0 saturated carbocycles. The van der Waals surface area contributed by atoms with Gasteiger partial charge in [0.25, 0.3) is 5.91 Å². The van der Waals surface area contributed by atoms with Gasteiger partial charge in [0.05, 0.1) is 33.8 Å². The third-order valence-corrected chi connectivity index (χ3v) is 6.09. The summed E-state index contributed by atoms with van der Waals surface area (Å²) < 4.78 is 5.27. The Kier molecular flexibility index (Phi) is 6.56. The summed E-state index contributed by atoms with van der Waals surface area (Å²) in [4.78, 5) is 31.3. The molecule has 33 heavy (non-hydrogen) atoms. The first kappa shape index (κ1) is 22.7. The summed E-state index contributed by atoms with van der Waals surface area (Å²) in [6, 6.07) is 16.6. The summed E-state index contributed by atoms with van der Waals surface area (Å²) in [7, 11) is 0. The van der Waals surface area contributed by atoms with Crippen LogP contribution in [0.3, 0.4) is 0 Å². The van der Waals surface area contributed by atoms with Gasteiger partial charge in [0.2, 0.25) is 0 Å². The van der Waals surface area contributed by atoms with Crippen LogP contribution in [0.4, 0.5) is 5.69 Å². The number of benzene rings is 2. The van der Waals surface area contributed by atoms with E-state index in [1.54, 1.807) is 35.6 Å². The molecule has 0 spiro atoms. The van der Waals surface area contributed by atoms with Crippen molar-refractivity contribution in [3.8, 4) is 10.6 Å². The minimum Gasteiger partial charge on any atom is -0.462 e. The van der Waals surface area contributed by atoms with Crippen molar-refractivity contribution in [2.75, 3.05) is 11.9 Å². The lowest BCUT2D eigenvalue weighted by atomic mass is 10.0. The fraction of sp³-hybridized carbons (Fsp3) is 0.222. The second kappa shape index (κ2) is 9.55. The molecule has 2 aromatic heterocycles. The van der Waals surface area contributed by atoms with Gasteiger partial charge >= 0.3 is 5.97 Å². The van der Waals surface area contributed by atoms with E-state index >= 15 is 0 Å². The Morgan fingerprint density at radius 1 is 1.06 bits per heavy atom. The molecule has 0 saturated heterocycles. The zero-order valence-corrected chi connectivity index (χ0v) is 20.0. The number of hydrogen-bond donors (Lipinski definition) is 1. The molecule has 2 heterocycles. The lowest BCUT2D eigenvalue weighted by Gasteiger charge is -2.13. The Labute approximate surface area is 197 Å². The number of thiophene rings is 1. The van der Waals surface area contributed by atoms with E-state index in [9.17, 15) is 9.59 Å². The molecule has 0 aliphatic rings. The fourth-order valence-corrected chi connectivity index (χ4v) is 4.32. The number of esters is 1. The largest absolute Gasteiger partial charge is 0.462 e. The average Bonchev–Trinajstić information content (AvgIpc) is 3.32. The lowest BCUT2D eigenvalue weighted by Crippen LogP contribution is -2.14. The molecular formula is C27H26N2O3S. The quantitative estimate of drug-likeness (QED) is 0.329. The maximum Gasteiger partial charge on any atom is 0.338 e. The fourth-order valence-electron chi connectivity index (χ4n) is 3.63. The van der Waals surface area contributed by atoms with Gasteiger partial charge in [-0.25, -0.2) is 9.78 Å². The van der Waals surface area contributed by atoms with Gasteiger partial charge in [-0.15, -0.1) is 11.3 Å². The van der Waals surface area contributed by atoms with E-state index in [1.165, 1.54) is 0 Å². The number of carbonyl (C=O) groups excluding carboxylic acids is 2. The molecule has 1 amide bonds. The van der Waals surface area contributed by atoms with Crippen molar-refractivity contribution in [1.82, 2.24) is 4.98 Å². The van der Waals surface area contributed by atoms with Crippen LogP contribution in [0.1, 0.15) is 45.7 Å². The van der Waals surface area contributed by atoms with Crippen LogP contribution in [-0.2, 0) is 4.74 Å². The number of aryl methyl sites for hydroxylation is 2. The van der Waals surface area contributed by atoms with Crippen LogP contribution < -0.4 is 5.32 Å². The summed E-state index contributed by atoms with van der Waals surface area (Å²) in [6.45, 7) is 8.37. The van der Waals surface area contributed by atoms with Crippen LogP contribution >= 0.6 is 11.3 Å². The van der Waals surface area contributed by atoms with Crippen molar-refractivity contribution in [3.63, 3.8) is 0 Å². The van der Waals surface area contributed by atoms with Gasteiger partial charge in [0.1, 0.15) is 0 Å². The molecule has 168 valence electrons. The normalized spacial score (nSPS) is 11.1. The highest BCUT2D eigenvalue weighted by Gasteiger charge is 2.17. The van der Waals surface area contributed by atoms with E-state index in [1.807, 2.05) is 57.3 Å².